The van der Waals surface area contributed by atoms with E-state index in [1.165, 1.54) is 17.5 Å². The van der Waals surface area contributed by atoms with E-state index in [0.717, 1.165) is 12.8 Å². The third kappa shape index (κ3) is 4.48. The fourth-order valence-corrected chi connectivity index (χ4v) is 5.80. The number of methoxy groups -OCH3 is 1. The van der Waals surface area contributed by atoms with E-state index in [9.17, 15) is 17.6 Å². The number of halogens is 1. The molecule has 180 valence electrons. The van der Waals surface area contributed by atoms with Crippen molar-refractivity contribution in [3.63, 3.8) is 0 Å². The number of aromatic nitrogens is 2. The van der Waals surface area contributed by atoms with Crippen LogP contribution in [-0.4, -0.2) is 55.0 Å². The van der Waals surface area contributed by atoms with Gasteiger partial charge < -0.3 is 15.0 Å². The maximum Gasteiger partial charge on any atom is 0.337 e. The van der Waals surface area contributed by atoms with Crippen LogP contribution in [0.3, 0.4) is 0 Å². The van der Waals surface area contributed by atoms with Gasteiger partial charge in [-0.15, -0.1) is 0 Å². The molecule has 2 aromatic carbocycles. The van der Waals surface area contributed by atoms with Gasteiger partial charge in [0.25, 0.3) is 0 Å². The monoisotopic (exact) mass is 486 g/mol. The summed E-state index contributed by atoms with van der Waals surface area (Å²) in [7, 11) is -2.35. The van der Waals surface area contributed by atoms with Crippen molar-refractivity contribution in [2.75, 3.05) is 26.7 Å². The second-order valence-electron chi connectivity index (χ2n) is 8.15. The van der Waals surface area contributed by atoms with Crippen LogP contribution in [0.4, 0.5) is 4.39 Å². The summed E-state index contributed by atoms with van der Waals surface area (Å²) in [5.74, 6) is -0.444. The standard InChI is InChI=1S/C24H27FN4O4S/c1-16-27-23-21(17-6-5-7-20(12-17)34(31,32)28-10-3-4-11-28)13-18(24(30)33-2)14-22(23)29(16)15-19(25)8-9-26/h5-8,12-14H,3-4,9-11,15,26H2,1-2H3/b19-8-. The minimum Gasteiger partial charge on any atom is -0.465 e. The van der Waals surface area contributed by atoms with E-state index < -0.39 is 21.8 Å². The van der Waals surface area contributed by atoms with Crippen molar-refractivity contribution in [3.8, 4) is 11.1 Å². The number of carbonyl (C=O) groups excluding carboxylic acids is 1. The number of hydrogen-bond acceptors (Lipinski definition) is 6. The molecule has 8 nitrogen and oxygen atoms in total. The molecule has 0 saturated carbocycles. The lowest BCUT2D eigenvalue weighted by Crippen LogP contribution is -2.27. The fourth-order valence-electron chi connectivity index (χ4n) is 4.24. The lowest BCUT2D eigenvalue weighted by Gasteiger charge is -2.16. The Morgan fingerprint density at radius 1 is 1.24 bits per heavy atom. The first-order valence-electron chi connectivity index (χ1n) is 11.0. The fraction of sp³-hybridized carbons (Fsp3) is 0.333. The minimum atomic E-state index is -3.63. The smallest absolute Gasteiger partial charge is 0.337 e. The minimum absolute atomic E-state index is 0.0639. The molecule has 1 aliphatic rings. The Morgan fingerprint density at radius 3 is 2.65 bits per heavy atom. The normalized spacial score (nSPS) is 15.2. The number of carbonyl (C=O) groups is 1. The Balaban J connectivity index is 1.90. The molecule has 2 heterocycles. The van der Waals surface area contributed by atoms with E-state index in [-0.39, 0.29) is 23.5 Å². The molecule has 0 bridgehead atoms. The number of nitrogens with zero attached hydrogens (tertiary/aromatic N) is 3. The first-order chi connectivity index (χ1) is 16.3. The molecule has 0 amide bonds. The molecule has 34 heavy (non-hydrogen) atoms. The molecule has 0 unspecified atom stereocenters. The second kappa shape index (κ2) is 9.65. The predicted molar refractivity (Wildman–Crippen MR) is 127 cm³/mol. The predicted octanol–water partition coefficient (Wildman–Crippen LogP) is 3.39. The van der Waals surface area contributed by atoms with Crippen LogP contribution in [0, 0.1) is 6.92 Å². The Labute approximate surface area is 197 Å². The molecular formula is C24H27FN4O4S. The summed E-state index contributed by atoms with van der Waals surface area (Å²) in [5, 5.41) is 0. The molecule has 1 saturated heterocycles. The third-order valence-corrected chi connectivity index (χ3v) is 7.86. The highest BCUT2D eigenvalue weighted by atomic mass is 32.2. The van der Waals surface area contributed by atoms with Gasteiger partial charge in [-0.2, -0.15) is 4.31 Å². The Kier molecular flexibility index (Phi) is 6.83. The Bertz CT molecular complexity index is 1380. The number of sulfonamides is 1. The Hall–Kier alpha value is -3.08. The first-order valence-corrected chi connectivity index (χ1v) is 12.4. The van der Waals surface area contributed by atoms with Crippen LogP contribution in [0.1, 0.15) is 29.0 Å². The van der Waals surface area contributed by atoms with Gasteiger partial charge in [-0.3, -0.25) is 0 Å². The van der Waals surface area contributed by atoms with Gasteiger partial charge in [-0.05, 0) is 55.7 Å². The zero-order valence-corrected chi connectivity index (χ0v) is 19.9. The molecule has 3 aromatic rings. The van der Waals surface area contributed by atoms with Crippen molar-refractivity contribution in [3.05, 3.63) is 59.7 Å². The van der Waals surface area contributed by atoms with Crippen molar-refractivity contribution >= 4 is 27.0 Å². The Morgan fingerprint density at radius 2 is 1.97 bits per heavy atom. The molecule has 0 radical (unpaired) electrons. The number of hydrogen-bond donors (Lipinski definition) is 1. The zero-order chi connectivity index (χ0) is 24.5. The summed E-state index contributed by atoms with van der Waals surface area (Å²) >= 11 is 0. The summed E-state index contributed by atoms with van der Waals surface area (Å²) in [6.07, 6.45) is 2.96. The maximum absolute atomic E-state index is 14.3. The van der Waals surface area contributed by atoms with Gasteiger partial charge in [0.1, 0.15) is 11.7 Å². The number of rotatable bonds is 7. The lowest BCUT2D eigenvalue weighted by molar-refractivity contribution is 0.0601. The van der Waals surface area contributed by atoms with Gasteiger partial charge in [-0.25, -0.2) is 22.6 Å². The summed E-state index contributed by atoms with van der Waals surface area (Å²) in [4.78, 5) is 17.2. The van der Waals surface area contributed by atoms with Gasteiger partial charge in [-0.1, -0.05) is 12.1 Å². The van der Waals surface area contributed by atoms with E-state index in [4.69, 9.17) is 10.5 Å². The molecule has 1 aliphatic heterocycles. The molecule has 1 aromatic heterocycles. The largest absolute Gasteiger partial charge is 0.465 e. The van der Waals surface area contributed by atoms with Gasteiger partial charge in [0.2, 0.25) is 10.0 Å². The quantitative estimate of drug-likeness (QED) is 0.513. The summed E-state index contributed by atoms with van der Waals surface area (Å²) in [6, 6.07) is 9.82. The number of allylic oxidation sites excluding steroid dienone is 1. The third-order valence-electron chi connectivity index (χ3n) is 5.96. The average Bonchev–Trinajstić information content (AvgIpc) is 3.47. The lowest BCUT2D eigenvalue weighted by atomic mass is 10.0. The first kappa shape index (κ1) is 24.1. The van der Waals surface area contributed by atoms with E-state index in [2.05, 4.69) is 4.98 Å². The van der Waals surface area contributed by atoms with Crippen LogP contribution in [0.5, 0.6) is 0 Å². The van der Waals surface area contributed by atoms with Crippen LogP contribution in [0.2, 0.25) is 0 Å². The highest BCUT2D eigenvalue weighted by molar-refractivity contribution is 7.89. The van der Waals surface area contributed by atoms with Crippen molar-refractivity contribution < 1.29 is 22.3 Å². The second-order valence-corrected chi connectivity index (χ2v) is 10.1. The highest BCUT2D eigenvalue weighted by Gasteiger charge is 2.28. The van der Waals surface area contributed by atoms with Crippen molar-refractivity contribution in [1.29, 1.82) is 0 Å². The molecule has 0 aliphatic carbocycles. The number of fused-ring (bicyclic) bond motifs is 1. The molecule has 10 heteroatoms. The summed E-state index contributed by atoms with van der Waals surface area (Å²) in [5.41, 5.74) is 7.88. The van der Waals surface area contributed by atoms with Crippen LogP contribution in [0.15, 0.2) is 53.2 Å². The van der Waals surface area contributed by atoms with E-state index in [1.54, 1.807) is 47.9 Å². The van der Waals surface area contributed by atoms with E-state index >= 15 is 0 Å². The van der Waals surface area contributed by atoms with Gasteiger partial charge in [0.05, 0.1) is 35.1 Å². The maximum atomic E-state index is 14.3. The summed E-state index contributed by atoms with van der Waals surface area (Å²) in [6.45, 7) is 2.72. The van der Waals surface area contributed by atoms with Gasteiger partial charge in [0.15, 0.2) is 0 Å². The van der Waals surface area contributed by atoms with Crippen molar-refractivity contribution in [2.45, 2.75) is 31.2 Å². The molecule has 0 atom stereocenters. The van der Waals surface area contributed by atoms with Crippen molar-refractivity contribution in [1.82, 2.24) is 13.9 Å². The highest BCUT2D eigenvalue weighted by Crippen LogP contribution is 2.33. The zero-order valence-electron chi connectivity index (χ0n) is 19.1. The van der Waals surface area contributed by atoms with Crippen LogP contribution < -0.4 is 5.73 Å². The van der Waals surface area contributed by atoms with Gasteiger partial charge >= 0.3 is 5.97 Å². The molecule has 2 N–H and O–H groups in total. The number of nitrogens with two attached hydrogens (primary N) is 1. The molecule has 1 fully saturated rings. The SMILES string of the molecule is COC(=O)c1cc(-c2cccc(S(=O)(=O)N3CCCC3)c2)c2nc(C)n(C/C(F)=C/CN)c2c1. The van der Waals surface area contributed by atoms with Crippen LogP contribution in [-0.2, 0) is 21.3 Å². The van der Waals surface area contributed by atoms with E-state index in [0.29, 0.717) is 41.1 Å². The number of benzene rings is 2. The average molecular weight is 487 g/mol. The summed E-state index contributed by atoms with van der Waals surface area (Å²) < 4.78 is 48.6. The van der Waals surface area contributed by atoms with Crippen molar-refractivity contribution in [2.24, 2.45) is 5.73 Å². The van der Waals surface area contributed by atoms with E-state index in [1.807, 2.05) is 0 Å². The van der Waals surface area contributed by atoms with Crippen LogP contribution in [0.25, 0.3) is 22.2 Å². The molecule has 0 spiro atoms. The molecule has 4 rings (SSSR count). The van der Waals surface area contributed by atoms with Gasteiger partial charge in [0, 0.05) is 25.2 Å². The number of imidazole rings is 1. The van der Waals surface area contributed by atoms with Crippen LogP contribution >= 0.6 is 0 Å². The molecular weight excluding hydrogens is 459 g/mol. The topological polar surface area (TPSA) is 108 Å². The number of ether oxygens (including phenoxy) is 1. The number of aryl methyl sites for hydroxylation is 1. The number of esters is 1.